The lowest BCUT2D eigenvalue weighted by Gasteiger charge is -2.29. The van der Waals surface area contributed by atoms with Crippen LogP contribution in [0.15, 0.2) is 30.3 Å². The maximum atomic E-state index is 14.8. The average Bonchev–Trinajstić information content (AvgIpc) is 2.70. The van der Waals surface area contributed by atoms with Crippen LogP contribution in [0.5, 0.6) is 0 Å². The van der Waals surface area contributed by atoms with E-state index in [9.17, 15) is 13.2 Å². The molecule has 3 rings (SSSR count). The minimum absolute atomic E-state index is 0.0431. The monoisotopic (exact) mass is 390 g/mol. The van der Waals surface area contributed by atoms with Crippen LogP contribution in [0.3, 0.4) is 0 Å². The first-order valence-electron chi connectivity index (χ1n) is 10.4. The van der Waals surface area contributed by atoms with Crippen LogP contribution in [0.2, 0.25) is 0 Å². The van der Waals surface area contributed by atoms with Gasteiger partial charge in [0.2, 0.25) is 0 Å². The van der Waals surface area contributed by atoms with E-state index in [1.165, 1.54) is 24.6 Å². The summed E-state index contributed by atoms with van der Waals surface area (Å²) in [5, 5.41) is 0. The third-order valence-corrected chi connectivity index (χ3v) is 5.66. The van der Waals surface area contributed by atoms with Gasteiger partial charge in [0, 0.05) is 16.7 Å². The van der Waals surface area contributed by atoms with E-state index in [0.717, 1.165) is 37.7 Å². The average molecular weight is 390 g/mol. The van der Waals surface area contributed by atoms with Crippen molar-refractivity contribution in [2.24, 2.45) is 5.92 Å². The van der Waals surface area contributed by atoms with Gasteiger partial charge in [-0.05, 0) is 43.2 Å². The van der Waals surface area contributed by atoms with Gasteiger partial charge in [-0.1, -0.05) is 57.4 Å². The molecule has 0 saturated carbocycles. The lowest BCUT2D eigenvalue weighted by Crippen LogP contribution is -2.21. The molecule has 0 N–H and O–H groups in total. The molecule has 1 aliphatic rings. The molecule has 1 aliphatic heterocycles. The Bertz CT molecular complexity index is 795. The van der Waals surface area contributed by atoms with E-state index in [1.54, 1.807) is 12.1 Å². The topological polar surface area (TPSA) is 9.23 Å². The highest BCUT2D eigenvalue weighted by molar-refractivity contribution is 5.66. The first kappa shape index (κ1) is 20.9. The molecule has 0 radical (unpaired) electrons. The summed E-state index contributed by atoms with van der Waals surface area (Å²) in [5.41, 5.74) is 1.14. The number of ether oxygens (including phenoxy) is 1. The lowest BCUT2D eigenvalue weighted by atomic mass is 9.90. The molecular weight excluding hydrogens is 361 g/mol. The summed E-state index contributed by atoms with van der Waals surface area (Å²) in [6.07, 6.45) is 6.30. The third-order valence-electron chi connectivity index (χ3n) is 5.66. The van der Waals surface area contributed by atoms with Gasteiger partial charge in [0.15, 0.2) is 11.6 Å². The van der Waals surface area contributed by atoms with Crippen molar-refractivity contribution in [3.8, 4) is 11.1 Å². The molecule has 28 heavy (non-hydrogen) atoms. The van der Waals surface area contributed by atoms with E-state index in [0.29, 0.717) is 18.9 Å². The fraction of sp³-hybridized carbons (Fsp3) is 0.500. The lowest BCUT2D eigenvalue weighted by molar-refractivity contribution is -0.0217. The number of unbranched alkanes of at least 4 members (excludes halogenated alkanes) is 1. The molecule has 2 atom stereocenters. The molecule has 0 aromatic heterocycles. The number of halogens is 3. The Kier molecular flexibility index (Phi) is 7.17. The molecule has 1 saturated heterocycles. The summed E-state index contributed by atoms with van der Waals surface area (Å²) in [7, 11) is 0. The minimum Gasteiger partial charge on any atom is -0.373 e. The van der Waals surface area contributed by atoms with Gasteiger partial charge in [0.05, 0.1) is 12.7 Å². The van der Waals surface area contributed by atoms with Crippen molar-refractivity contribution in [2.45, 2.75) is 64.9 Å². The van der Waals surface area contributed by atoms with E-state index >= 15 is 0 Å². The van der Waals surface area contributed by atoms with Gasteiger partial charge < -0.3 is 4.74 Å². The Hall–Kier alpha value is -1.81. The molecule has 2 unspecified atom stereocenters. The largest absolute Gasteiger partial charge is 0.373 e. The van der Waals surface area contributed by atoms with E-state index < -0.39 is 23.6 Å². The van der Waals surface area contributed by atoms with E-state index in [1.807, 2.05) is 6.92 Å². The fourth-order valence-corrected chi connectivity index (χ4v) is 4.01. The quantitative estimate of drug-likeness (QED) is 0.479. The van der Waals surface area contributed by atoms with Gasteiger partial charge in [-0.3, -0.25) is 0 Å². The molecule has 0 bridgehead atoms. The maximum Gasteiger partial charge on any atom is 0.167 e. The van der Waals surface area contributed by atoms with Crippen molar-refractivity contribution in [1.82, 2.24) is 0 Å². The van der Waals surface area contributed by atoms with Gasteiger partial charge in [-0.15, -0.1) is 0 Å². The van der Waals surface area contributed by atoms with Crippen molar-refractivity contribution < 1.29 is 17.9 Å². The molecule has 152 valence electrons. The zero-order valence-corrected chi connectivity index (χ0v) is 16.7. The summed E-state index contributed by atoms with van der Waals surface area (Å²) in [4.78, 5) is 0. The highest BCUT2D eigenvalue weighted by atomic mass is 19.2. The number of aryl methyl sites for hydroxylation is 1. The summed E-state index contributed by atoms with van der Waals surface area (Å²) in [6.45, 7) is 4.76. The van der Waals surface area contributed by atoms with Gasteiger partial charge in [0.25, 0.3) is 0 Å². The van der Waals surface area contributed by atoms with E-state index in [-0.39, 0.29) is 16.7 Å². The van der Waals surface area contributed by atoms with E-state index in [2.05, 4.69) is 6.92 Å². The maximum absolute atomic E-state index is 14.8. The van der Waals surface area contributed by atoms with Crippen molar-refractivity contribution >= 4 is 0 Å². The first-order chi connectivity index (χ1) is 13.5. The molecule has 1 fully saturated rings. The summed E-state index contributed by atoms with van der Waals surface area (Å²) < 4.78 is 49.9. The number of benzene rings is 2. The van der Waals surface area contributed by atoms with Gasteiger partial charge in [-0.25, -0.2) is 13.2 Å². The van der Waals surface area contributed by atoms with Crippen LogP contribution in [0, 0.1) is 23.4 Å². The molecule has 1 nitrogen and oxygen atoms in total. The standard InChI is InChI=1S/C24H29F3O/c1-3-5-7-17-9-13-22(28-15-17)20-12-11-19(23(26)24(20)27)18-10-8-16(6-4-2)14-21(18)25/h8,10-12,14,17,22H,3-7,9,13,15H2,1-2H3. The van der Waals surface area contributed by atoms with E-state index in [4.69, 9.17) is 4.74 Å². The molecule has 0 aliphatic carbocycles. The molecule has 0 spiro atoms. The highest BCUT2D eigenvalue weighted by Gasteiger charge is 2.27. The molecule has 0 amide bonds. The van der Waals surface area contributed by atoms with Crippen LogP contribution < -0.4 is 0 Å². The Balaban J connectivity index is 1.79. The fourth-order valence-electron chi connectivity index (χ4n) is 4.01. The first-order valence-corrected chi connectivity index (χ1v) is 10.4. The normalized spacial score (nSPS) is 19.8. The van der Waals surface area contributed by atoms with Gasteiger partial charge in [0.1, 0.15) is 5.82 Å². The molecule has 2 aromatic rings. The Morgan fingerprint density at radius 3 is 2.36 bits per heavy atom. The zero-order chi connectivity index (χ0) is 20.1. The zero-order valence-electron chi connectivity index (χ0n) is 16.7. The number of rotatable bonds is 7. The second kappa shape index (κ2) is 9.60. The van der Waals surface area contributed by atoms with Gasteiger partial charge >= 0.3 is 0 Å². The second-order valence-corrected chi connectivity index (χ2v) is 7.80. The highest BCUT2D eigenvalue weighted by Crippen LogP contribution is 2.37. The van der Waals surface area contributed by atoms with Crippen LogP contribution in [-0.2, 0) is 11.2 Å². The summed E-state index contributed by atoms with van der Waals surface area (Å²) in [5.74, 6) is -1.95. The van der Waals surface area contributed by atoms with Crippen molar-refractivity contribution in [3.63, 3.8) is 0 Å². The van der Waals surface area contributed by atoms with Crippen molar-refractivity contribution in [1.29, 1.82) is 0 Å². The number of hydrogen-bond acceptors (Lipinski definition) is 1. The predicted octanol–water partition coefficient (Wildman–Crippen LogP) is 7.38. The van der Waals surface area contributed by atoms with Crippen LogP contribution in [0.4, 0.5) is 13.2 Å². The third kappa shape index (κ3) is 4.60. The van der Waals surface area contributed by atoms with Crippen molar-refractivity contribution in [2.75, 3.05) is 6.61 Å². The Morgan fingerprint density at radius 1 is 0.929 bits per heavy atom. The molecular formula is C24H29F3O. The Labute approximate surface area is 165 Å². The molecule has 4 heteroatoms. The molecule has 1 heterocycles. The second-order valence-electron chi connectivity index (χ2n) is 7.80. The SMILES string of the molecule is CCCCC1CCC(c2ccc(-c3ccc(CCC)cc3F)c(F)c2F)OC1. The van der Waals surface area contributed by atoms with Crippen LogP contribution in [0.1, 0.15) is 69.6 Å². The van der Waals surface area contributed by atoms with Crippen LogP contribution in [-0.4, -0.2) is 6.61 Å². The molecule has 2 aromatic carbocycles. The smallest absolute Gasteiger partial charge is 0.167 e. The van der Waals surface area contributed by atoms with Crippen LogP contribution in [0.25, 0.3) is 11.1 Å². The summed E-state index contributed by atoms with van der Waals surface area (Å²) >= 11 is 0. The minimum atomic E-state index is -1.00. The van der Waals surface area contributed by atoms with Gasteiger partial charge in [-0.2, -0.15) is 0 Å². The number of hydrogen-bond donors (Lipinski definition) is 0. The van der Waals surface area contributed by atoms with Crippen LogP contribution >= 0.6 is 0 Å². The van der Waals surface area contributed by atoms with Crippen molar-refractivity contribution in [3.05, 3.63) is 58.9 Å². The predicted molar refractivity (Wildman–Crippen MR) is 107 cm³/mol. The Morgan fingerprint density at radius 2 is 1.71 bits per heavy atom. The summed E-state index contributed by atoms with van der Waals surface area (Å²) in [6, 6.07) is 7.73.